The molecular weight excluding hydrogens is 322 g/mol. The lowest BCUT2D eigenvalue weighted by Gasteiger charge is -2.09. The van der Waals surface area contributed by atoms with Crippen LogP contribution in [0.2, 0.25) is 0 Å². The van der Waals surface area contributed by atoms with Crippen LogP contribution in [0.25, 0.3) is 0 Å². The van der Waals surface area contributed by atoms with Crippen molar-refractivity contribution in [2.24, 2.45) is 11.0 Å². The summed E-state index contributed by atoms with van der Waals surface area (Å²) >= 11 is 0. The van der Waals surface area contributed by atoms with Crippen molar-refractivity contribution in [1.82, 2.24) is 10.4 Å². The van der Waals surface area contributed by atoms with Gasteiger partial charge in [0.1, 0.15) is 5.69 Å². The Labute approximate surface area is 144 Å². The lowest BCUT2D eigenvalue weighted by molar-refractivity contribution is -0.135. The molecule has 7 heteroatoms. The molecular formula is C18H17N3O4. The summed E-state index contributed by atoms with van der Waals surface area (Å²) in [5.41, 5.74) is 3.36. The summed E-state index contributed by atoms with van der Waals surface area (Å²) in [6.45, 7) is 0. The van der Waals surface area contributed by atoms with Crippen LogP contribution in [-0.4, -0.2) is 30.2 Å². The number of pyridine rings is 1. The number of carbonyl (C=O) groups excluding carboxylic acids is 2. The maximum atomic E-state index is 11.8. The Hall–Kier alpha value is -3.22. The van der Waals surface area contributed by atoms with Gasteiger partial charge in [-0.2, -0.15) is 5.10 Å². The lowest BCUT2D eigenvalue weighted by Crippen LogP contribution is -2.18. The summed E-state index contributed by atoms with van der Waals surface area (Å²) in [5.74, 6) is 0.164. The SMILES string of the molecule is COc1cc(/C=N\NC(=O)c2ccccn2)ccc1OC(=O)C1CC1. The molecule has 1 aromatic carbocycles. The van der Waals surface area contributed by atoms with Gasteiger partial charge in [-0.05, 0) is 48.7 Å². The molecule has 1 aliphatic rings. The minimum Gasteiger partial charge on any atom is -0.493 e. The number of aromatic nitrogens is 1. The highest BCUT2D eigenvalue weighted by Crippen LogP contribution is 2.34. The third kappa shape index (κ3) is 4.41. The van der Waals surface area contributed by atoms with Crippen LogP contribution in [0.5, 0.6) is 11.5 Å². The Bertz CT molecular complexity index is 801. The van der Waals surface area contributed by atoms with E-state index in [0.29, 0.717) is 17.1 Å². The van der Waals surface area contributed by atoms with Crippen molar-refractivity contribution < 1.29 is 19.1 Å². The summed E-state index contributed by atoms with van der Waals surface area (Å²) in [7, 11) is 1.49. The first-order valence-corrected chi connectivity index (χ1v) is 7.81. The van der Waals surface area contributed by atoms with E-state index in [1.807, 2.05) is 0 Å². The lowest BCUT2D eigenvalue weighted by atomic mass is 10.2. The monoisotopic (exact) mass is 339 g/mol. The molecule has 0 spiro atoms. The van der Waals surface area contributed by atoms with E-state index in [0.717, 1.165) is 12.8 Å². The molecule has 0 saturated heterocycles. The van der Waals surface area contributed by atoms with Crippen LogP contribution in [-0.2, 0) is 4.79 Å². The summed E-state index contributed by atoms with van der Waals surface area (Å²) in [5, 5.41) is 3.89. The Morgan fingerprint density at radius 3 is 2.76 bits per heavy atom. The van der Waals surface area contributed by atoms with Crippen LogP contribution in [0.1, 0.15) is 28.9 Å². The first-order valence-electron chi connectivity index (χ1n) is 7.81. The molecule has 0 bridgehead atoms. The number of ether oxygens (including phenoxy) is 2. The van der Waals surface area contributed by atoms with Crippen LogP contribution in [0.3, 0.4) is 0 Å². The molecule has 128 valence electrons. The number of amides is 1. The Balaban J connectivity index is 1.64. The van der Waals surface area contributed by atoms with Crippen molar-refractivity contribution in [2.75, 3.05) is 7.11 Å². The molecule has 1 saturated carbocycles. The van der Waals surface area contributed by atoms with E-state index in [4.69, 9.17) is 9.47 Å². The maximum absolute atomic E-state index is 11.8. The molecule has 1 aliphatic carbocycles. The van der Waals surface area contributed by atoms with E-state index in [9.17, 15) is 9.59 Å². The molecule has 0 atom stereocenters. The molecule has 7 nitrogen and oxygen atoms in total. The third-order valence-corrected chi connectivity index (χ3v) is 3.59. The van der Waals surface area contributed by atoms with E-state index < -0.39 is 5.91 Å². The van der Waals surface area contributed by atoms with Gasteiger partial charge in [0, 0.05) is 6.20 Å². The Morgan fingerprint density at radius 1 is 1.24 bits per heavy atom. The second kappa shape index (κ2) is 7.57. The number of carbonyl (C=O) groups is 2. The molecule has 0 unspecified atom stereocenters. The standard InChI is InChI=1S/C18H17N3O4/c1-24-16-10-12(5-8-15(16)25-18(23)13-6-7-13)11-20-21-17(22)14-4-2-3-9-19-14/h2-5,8-11,13H,6-7H2,1H3,(H,21,22)/b20-11-. The molecule has 3 rings (SSSR count). The highest BCUT2D eigenvalue weighted by molar-refractivity contribution is 5.93. The summed E-state index contributed by atoms with van der Waals surface area (Å²) in [6.07, 6.45) is 4.75. The number of nitrogens with one attached hydrogen (secondary N) is 1. The summed E-state index contributed by atoms with van der Waals surface area (Å²) < 4.78 is 10.6. The van der Waals surface area contributed by atoms with E-state index in [-0.39, 0.29) is 17.6 Å². The minimum absolute atomic E-state index is 0.00718. The zero-order valence-electron chi connectivity index (χ0n) is 13.6. The van der Waals surface area contributed by atoms with Gasteiger partial charge in [-0.15, -0.1) is 0 Å². The average molecular weight is 339 g/mol. The number of hydrogen-bond acceptors (Lipinski definition) is 6. The van der Waals surface area contributed by atoms with Crippen LogP contribution in [0, 0.1) is 5.92 Å². The van der Waals surface area contributed by atoms with Crippen LogP contribution < -0.4 is 14.9 Å². The fourth-order valence-corrected chi connectivity index (χ4v) is 2.08. The number of hydrogen-bond donors (Lipinski definition) is 1. The van der Waals surface area contributed by atoms with Gasteiger partial charge in [-0.25, -0.2) is 5.43 Å². The van der Waals surface area contributed by atoms with Crippen LogP contribution >= 0.6 is 0 Å². The highest BCUT2D eigenvalue weighted by Gasteiger charge is 2.32. The number of esters is 1. The molecule has 2 aromatic rings. The van der Waals surface area contributed by atoms with Crippen LogP contribution in [0.4, 0.5) is 0 Å². The quantitative estimate of drug-likeness (QED) is 0.377. The van der Waals surface area contributed by atoms with E-state index in [1.54, 1.807) is 36.4 Å². The normalized spacial score (nSPS) is 13.5. The number of nitrogens with zero attached hydrogens (tertiary/aromatic N) is 2. The Kier molecular flexibility index (Phi) is 5.03. The van der Waals surface area contributed by atoms with Gasteiger partial charge in [-0.1, -0.05) is 6.07 Å². The zero-order chi connectivity index (χ0) is 17.6. The number of benzene rings is 1. The average Bonchev–Trinajstić information content (AvgIpc) is 3.48. The molecule has 1 aromatic heterocycles. The van der Waals surface area contributed by atoms with Crippen molar-refractivity contribution in [1.29, 1.82) is 0 Å². The second-order valence-electron chi connectivity index (χ2n) is 5.52. The number of rotatable bonds is 6. The first kappa shape index (κ1) is 16.6. The number of methoxy groups -OCH3 is 1. The molecule has 0 radical (unpaired) electrons. The summed E-state index contributed by atoms with van der Waals surface area (Å²) in [6, 6.07) is 10.1. The fraction of sp³-hybridized carbons (Fsp3) is 0.222. The molecule has 25 heavy (non-hydrogen) atoms. The molecule has 0 aliphatic heterocycles. The largest absolute Gasteiger partial charge is 0.493 e. The molecule has 1 N–H and O–H groups in total. The van der Waals surface area contributed by atoms with Crippen LogP contribution in [0.15, 0.2) is 47.7 Å². The summed E-state index contributed by atoms with van der Waals surface area (Å²) in [4.78, 5) is 27.5. The maximum Gasteiger partial charge on any atom is 0.314 e. The predicted octanol–water partition coefficient (Wildman–Crippen LogP) is 2.17. The zero-order valence-corrected chi connectivity index (χ0v) is 13.6. The van der Waals surface area contributed by atoms with Crippen molar-refractivity contribution in [3.63, 3.8) is 0 Å². The van der Waals surface area contributed by atoms with Crippen molar-refractivity contribution >= 4 is 18.1 Å². The van der Waals surface area contributed by atoms with E-state index in [2.05, 4.69) is 15.5 Å². The Morgan fingerprint density at radius 2 is 2.08 bits per heavy atom. The van der Waals surface area contributed by atoms with Gasteiger partial charge in [0.15, 0.2) is 11.5 Å². The van der Waals surface area contributed by atoms with Crippen molar-refractivity contribution in [3.8, 4) is 11.5 Å². The van der Waals surface area contributed by atoms with Crippen molar-refractivity contribution in [2.45, 2.75) is 12.8 Å². The van der Waals surface area contributed by atoms with Gasteiger partial charge in [0.2, 0.25) is 0 Å². The van der Waals surface area contributed by atoms with Gasteiger partial charge < -0.3 is 9.47 Å². The smallest absolute Gasteiger partial charge is 0.314 e. The third-order valence-electron chi connectivity index (χ3n) is 3.59. The van der Waals surface area contributed by atoms with Gasteiger partial charge in [-0.3, -0.25) is 14.6 Å². The van der Waals surface area contributed by atoms with Gasteiger partial charge >= 0.3 is 5.97 Å². The topological polar surface area (TPSA) is 89.9 Å². The van der Waals surface area contributed by atoms with Gasteiger partial charge in [0.25, 0.3) is 5.91 Å². The van der Waals surface area contributed by atoms with Gasteiger partial charge in [0.05, 0.1) is 19.2 Å². The van der Waals surface area contributed by atoms with E-state index in [1.165, 1.54) is 19.5 Å². The first-order chi connectivity index (χ1) is 12.2. The second-order valence-corrected chi connectivity index (χ2v) is 5.52. The molecule has 1 amide bonds. The predicted molar refractivity (Wildman–Crippen MR) is 90.7 cm³/mol. The minimum atomic E-state index is -0.404. The molecule has 1 fully saturated rings. The molecule has 1 heterocycles. The fourth-order valence-electron chi connectivity index (χ4n) is 2.08. The van der Waals surface area contributed by atoms with Crippen molar-refractivity contribution in [3.05, 3.63) is 53.9 Å². The number of hydrazone groups is 1. The highest BCUT2D eigenvalue weighted by atomic mass is 16.6. The van der Waals surface area contributed by atoms with E-state index >= 15 is 0 Å².